The summed E-state index contributed by atoms with van der Waals surface area (Å²) in [4.78, 5) is 22.3. The highest BCUT2D eigenvalue weighted by molar-refractivity contribution is 5.73. The predicted octanol–water partition coefficient (Wildman–Crippen LogP) is 6.98. The van der Waals surface area contributed by atoms with Crippen LogP contribution in [0.4, 0.5) is 0 Å². The Morgan fingerprint density at radius 2 is 0.923 bits per heavy atom. The maximum atomic E-state index is 11.9. The van der Waals surface area contributed by atoms with Crippen LogP contribution in [0.25, 0.3) is 0 Å². The van der Waals surface area contributed by atoms with E-state index in [1.165, 1.54) is 83.5 Å². The quantitative estimate of drug-likeness (QED) is 0.171. The second-order valence-corrected chi connectivity index (χ2v) is 7.19. The SMILES string of the molecule is CCCCCCCCCCCCCCCCCC(=O)N(OCC)OCC. The molecule has 0 heterocycles. The molecule has 0 aromatic carbocycles. The van der Waals surface area contributed by atoms with Crippen molar-refractivity contribution in [1.82, 2.24) is 5.23 Å². The Kier molecular flexibility index (Phi) is 20.2. The molecule has 26 heavy (non-hydrogen) atoms. The average molecular weight is 372 g/mol. The van der Waals surface area contributed by atoms with Crippen LogP contribution in [-0.4, -0.2) is 24.3 Å². The van der Waals surface area contributed by atoms with E-state index in [9.17, 15) is 4.79 Å². The predicted molar refractivity (Wildman–Crippen MR) is 110 cm³/mol. The average Bonchev–Trinajstić information content (AvgIpc) is 2.64. The Morgan fingerprint density at radius 3 is 1.27 bits per heavy atom. The normalized spacial score (nSPS) is 11.0. The number of hydroxylamine groups is 2. The topological polar surface area (TPSA) is 38.8 Å². The van der Waals surface area contributed by atoms with E-state index in [4.69, 9.17) is 9.68 Å². The van der Waals surface area contributed by atoms with Crippen molar-refractivity contribution in [2.75, 3.05) is 13.2 Å². The lowest BCUT2D eigenvalue weighted by Crippen LogP contribution is -2.31. The minimum absolute atomic E-state index is 0.0663. The lowest BCUT2D eigenvalue weighted by atomic mass is 10.0. The minimum Gasteiger partial charge on any atom is -0.270 e. The summed E-state index contributed by atoms with van der Waals surface area (Å²) in [5.74, 6) is -0.0663. The first-order valence-electron chi connectivity index (χ1n) is 11.3. The van der Waals surface area contributed by atoms with Gasteiger partial charge in [0.25, 0.3) is 5.91 Å². The summed E-state index contributed by atoms with van der Waals surface area (Å²) >= 11 is 0. The van der Waals surface area contributed by atoms with Crippen LogP contribution in [-0.2, 0) is 14.5 Å². The van der Waals surface area contributed by atoms with Crippen LogP contribution in [0, 0.1) is 0 Å². The fourth-order valence-electron chi connectivity index (χ4n) is 3.15. The first-order valence-corrected chi connectivity index (χ1v) is 11.3. The van der Waals surface area contributed by atoms with Gasteiger partial charge in [0.1, 0.15) is 0 Å². The second-order valence-electron chi connectivity index (χ2n) is 7.19. The zero-order valence-corrected chi connectivity index (χ0v) is 17.9. The Balaban J connectivity index is 3.29. The number of hydrogen-bond acceptors (Lipinski definition) is 3. The number of rotatable bonds is 20. The van der Waals surface area contributed by atoms with Crippen LogP contribution in [0.3, 0.4) is 0 Å². The molecule has 0 spiro atoms. The molecule has 4 nitrogen and oxygen atoms in total. The highest BCUT2D eigenvalue weighted by atomic mass is 17.0. The molecule has 0 aromatic heterocycles. The van der Waals surface area contributed by atoms with Gasteiger partial charge < -0.3 is 0 Å². The van der Waals surface area contributed by atoms with Gasteiger partial charge in [-0.2, -0.15) is 0 Å². The van der Waals surface area contributed by atoms with Crippen LogP contribution >= 0.6 is 0 Å². The largest absolute Gasteiger partial charge is 0.273 e. The van der Waals surface area contributed by atoms with E-state index in [0.29, 0.717) is 19.6 Å². The first kappa shape index (κ1) is 25.4. The summed E-state index contributed by atoms with van der Waals surface area (Å²) in [5.41, 5.74) is 0. The van der Waals surface area contributed by atoms with Crippen LogP contribution in [0.2, 0.25) is 0 Å². The van der Waals surface area contributed by atoms with E-state index < -0.39 is 0 Å². The van der Waals surface area contributed by atoms with Crippen molar-refractivity contribution in [1.29, 1.82) is 0 Å². The summed E-state index contributed by atoms with van der Waals surface area (Å²) in [7, 11) is 0. The molecule has 0 aliphatic heterocycles. The molecule has 0 atom stereocenters. The van der Waals surface area contributed by atoms with Gasteiger partial charge in [0.15, 0.2) is 0 Å². The van der Waals surface area contributed by atoms with E-state index in [0.717, 1.165) is 18.1 Å². The number of carbonyl (C=O) groups is 1. The zero-order chi connectivity index (χ0) is 19.3. The van der Waals surface area contributed by atoms with Gasteiger partial charge in [-0.05, 0) is 20.3 Å². The van der Waals surface area contributed by atoms with Crippen molar-refractivity contribution in [3.8, 4) is 0 Å². The highest BCUT2D eigenvalue weighted by Gasteiger charge is 2.13. The fourth-order valence-corrected chi connectivity index (χ4v) is 3.15. The number of carbonyl (C=O) groups excluding carboxylic acids is 1. The van der Waals surface area contributed by atoms with E-state index in [2.05, 4.69) is 6.92 Å². The standard InChI is InChI=1S/C22H45NO3/c1-4-7-8-9-10-11-12-13-14-15-16-17-18-19-20-21-22(24)23(25-5-2)26-6-3/h4-21H2,1-3H3. The maximum absolute atomic E-state index is 11.9. The number of amides is 1. The Labute approximate surface area is 162 Å². The molecule has 0 unspecified atom stereocenters. The Bertz CT molecular complexity index is 291. The molecular weight excluding hydrogens is 326 g/mol. The molecule has 0 bridgehead atoms. The molecule has 4 heteroatoms. The van der Waals surface area contributed by atoms with E-state index in [-0.39, 0.29) is 5.91 Å². The Morgan fingerprint density at radius 1 is 0.577 bits per heavy atom. The summed E-state index contributed by atoms with van der Waals surface area (Å²) in [6.45, 7) is 6.88. The number of hydrogen-bond donors (Lipinski definition) is 0. The van der Waals surface area contributed by atoms with Gasteiger partial charge in [0.2, 0.25) is 0 Å². The van der Waals surface area contributed by atoms with Gasteiger partial charge >= 0.3 is 0 Å². The van der Waals surface area contributed by atoms with Crippen molar-refractivity contribution < 1.29 is 14.5 Å². The number of unbranched alkanes of at least 4 members (excludes halogenated alkanes) is 14. The van der Waals surface area contributed by atoms with Crippen molar-refractivity contribution in [3.05, 3.63) is 0 Å². The van der Waals surface area contributed by atoms with Crippen molar-refractivity contribution in [2.24, 2.45) is 0 Å². The molecule has 0 aliphatic rings. The Hall–Kier alpha value is -0.610. The summed E-state index contributed by atoms with van der Waals surface area (Å²) in [5, 5.41) is 1.06. The van der Waals surface area contributed by atoms with Crippen LogP contribution in [0.15, 0.2) is 0 Å². The summed E-state index contributed by atoms with van der Waals surface area (Å²) < 4.78 is 0. The summed E-state index contributed by atoms with van der Waals surface area (Å²) in [6.07, 6.45) is 20.5. The van der Waals surface area contributed by atoms with Gasteiger partial charge in [-0.3, -0.25) is 4.79 Å². The van der Waals surface area contributed by atoms with Crippen molar-refractivity contribution >= 4 is 5.91 Å². The van der Waals surface area contributed by atoms with Gasteiger partial charge in [-0.15, -0.1) is 0 Å². The molecule has 0 saturated heterocycles. The number of nitrogens with zero attached hydrogens (tertiary/aromatic N) is 1. The van der Waals surface area contributed by atoms with Crippen LogP contribution < -0.4 is 0 Å². The van der Waals surface area contributed by atoms with Gasteiger partial charge in [0.05, 0.1) is 13.2 Å². The second kappa shape index (κ2) is 20.7. The van der Waals surface area contributed by atoms with Crippen molar-refractivity contribution in [3.63, 3.8) is 0 Å². The molecule has 0 saturated carbocycles. The molecule has 0 aromatic rings. The lowest BCUT2D eigenvalue weighted by molar-refractivity contribution is -0.338. The summed E-state index contributed by atoms with van der Waals surface area (Å²) in [6, 6.07) is 0. The van der Waals surface area contributed by atoms with Crippen LogP contribution in [0.5, 0.6) is 0 Å². The third kappa shape index (κ3) is 16.8. The fraction of sp³-hybridized carbons (Fsp3) is 0.955. The van der Waals surface area contributed by atoms with Crippen LogP contribution in [0.1, 0.15) is 124 Å². The van der Waals surface area contributed by atoms with E-state index in [1.54, 1.807) is 0 Å². The molecule has 1 amide bonds. The van der Waals surface area contributed by atoms with Crippen molar-refractivity contribution in [2.45, 2.75) is 124 Å². The molecule has 0 fully saturated rings. The molecular formula is C22H45NO3. The van der Waals surface area contributed by atoms with E-state index in [1.807, 2.05) is 13.8 Å². The minimum atomic E-state index is -0.0663. The molecule has 0 N–H and O–H groups in total. The third-order valence-electron chi connectivity index (χ3n) is 4.69. The van der Waals surface area contributed by atoms with E-state index >= 15 is 0 Å². The highest BCUT2D eigenvalue weighted by Crippen LogP contribution is 2.14. The van der Waals surface area contributed by atoms with Gasteiger partial charge in [0, 0.05) is 6.42 Å². The zero-order valence-electron chi connectivity index (χ0n) is 17.9. The van der Waals surface area contributed by atoms with Gasteiger partial charge in [-0.25, -0.2) is 9.68 Å². The molecule has 156 valence electrons. The molecule has 0 rings (SSSR count). The smallest absolute Gasteiger partial charge is 0.270 e. The maximum Gasteiger partial charge on any atom is 0.273 e. The monoisotopic (exact) mass is 371 g/mol. The molecule has 0 radical (unpaired) electrons. The first-order chi connectivity index (χ1) is 12.8. The molecule has 0 aliphatic carbocycles. The lowest BCUT2D eigenvalue weighted by Gasteiger charge is -2.18. The third-order valence-corrected chi connectivity index (χ3v) is 4.69. The van der Waals surface area contributed by atoms with Gasteiger partial charge in [-0.1, -0.05) is 102 Å².